The number of rotatable bonds is 5. The van der Waals surface area contributed by atoms with E-state index in [0.717, 1.165) is 17.3 Å². The lowest BCUT2D eigenvalue weighted by Gasteiger charge is -1.98. The van der Waals surface area contributed by atoms with Crippen LogP contribution in [0.5, 0.6) is 0 Å². The second-order valence-electron chi connectivity index (χ2n) is 2.18. The maximum atomic E-state index is 4.20. The molecule has 66 valence electrons. The molecule has 1 aromatic rings. The Morgan fingerprint density at radius 2 is 2.42 bits per heavy atom. The molecule has 1 N–H and O–H groups in total. The summed E-state index contributed by atoms with van der Waals surface area (Å²) in [6.07, 6.45) is 1.82. The molecule has 0 atom stereocenters. The molecule has 1 rings (SSSR count). The molecule has 12 heavy (non-hydrogen) atoms. The fourth-order valence-corrected chi connectivity index (χ4v) is 2.53. The average molecular weight is 200 g/mol. The van der Waals surface area contributed by atoms with E-state index in [9.17, 15) is 0 Å². The number of hydrogen-bond donors (Lipinski definition) is 1. The zero-order valence-corrected chi connectivity index (χ0v) is 8.62. The molecule has 0 aliphatic heterocycles. The average Bonchev–Trinajstić information content (AvgIpc) is 2.14. The van der Waals surface area contributed by atoms with E-state index < -0.39 is 0 Å². The van der Waals surface area contributed by atoms with Gasteiger partial charge < -0.3 is 5.32 Å². The van der Waals surface area contributed by atoms with Crippen molar-refractivity contribution in [3.05, 3.63) is 24.4 Å². The van der Waals surface area contributed by atoms with Gasteiger partial charge in [0.1, 0.15) is 5.03 Å². The molecule has 0 aliphatic carbocycles. The summed E-state index contributed by atoms with van der Waals surface area (Å²) >= 11 is 0. The summed E-state index contributed by atoms with van der Waals surface area (Å²) in [6, 6.07) is 5.97. The minimum Gasteiger partial charge on any atom is -0.319 e. The Hall–Kier alpha value is -0.190. The largest absolute Gasteiger partial charge is 0.319 e. The first kappa shape index (κ1) is 9.89. The molecule has 0 unspecified atom stereocenters. The fourth-order valence-electron chi connectivity index (χ4n) is 0.642. The molecule has 2 nitrogen and oxygen atoms in total. The normalized spacial score (nSPS) is 10.1. The SMILES string of the molecule is CNCCSSc1ccccn1. The van der Waals surface area contributed by atoms with Crippen molar-refractivity contribution >= 4 is 21.6 Å². The highest BCUT2D eigenvalue weighted by Crippen LogP contribution is 2.27. The molecule has 0 saturated carbocycles. The van der Waals surface area contributed by atoms with Crippen LogP contribution in [0.3, 0.4) is 0 Å². The van der Waals surface area contributed by atoms with Gasteiger partial charge in [0.05, 0.1) is 0 Å². The summed E-state index contributed by atoms with van der Waals surface area (Å²) in [5, 5.41) is 4.18. The predicted octanol–water partition coefficient (Wildman–Crippen LogP) is 2.04. The summed E-state index contributed by atoms with van der Waals surface area (Å²) < 4.78 is 0. The van der Waals surface area contributed by atoms with Crippen LogP contribution >= 0.6 is 21.6 Å². The third-order valence-corrected chi connectivity index (χ3v) is 3.48. The molecule has 0 spiro atoms. The third kappa shape index (κ3) is 3.99. The molecule has 0 saturated heterocycles. The van der Waals surface area contributed by atoms with Crippen molar-refractivity contribution < 1.29 is 0 Å². The monoisotopic (exact) mass is 200 g/mol. The van der Waals surface area contributed by atoms with Crippen LogP contribution in [0.25, 0.3) is 0 Å². The summed E-state index contributed by atoms with van der Waals surface area (Å²) in [4.78, 5) is 4.20. The van der Waals surface area contributed by atoms with E-state index in [-0.39, 0.29) is 0 Å². The molecule has 0 aromatic carbocycles. The van der Waals surface area contributed by atoms with E-state index in [1.54, 1.807) is 10.8 Å². The maximum Gasteiger partial charge on any atom is 0.106 e. The number of aromatic nitrogens is 1. The first-order valence-corrected chi connectivity index (χ1v) is 6.10. The zero-order valence-electron chi connectivity index (χ0n) is 6.99. The zero-order chi connectivity index (χ0) is 8.65. The quantitative estimate of drug-likeness (QED) is 0.581. The van der Waals surface area contributed by atoms with E-state index in [2.05, 4.69) is 10.3 Å². The molecule has 0 radical (unpaired) electrons. The van der Waals surface area contributed by atoms with Crippen LogP contribution in [0, 0.1) is 0 Å². The van der Waals surface area contributed by atoms with E-state index in [4.69, 9.17) is 0 Å². The van der Waals surface area contributed by atoms with Crippen molar-refractivity contribution in [2.75, 3.05) is 19.3 Å². The Balaban J connectivity index is 2.16. The first-order chi connectivity index (χ1) is 5.93. The summed E-state index contributed by atoms with van der Waals surface area (Å²) in [5.41, 5.74) is 0. The smallest absolute Gasteiger partial charge is 0.106 e. The molecule has 0 bridgehead atoms. The molecule has 0 amide bonds. The Morgan fingerprint density at radius 3 is 3.08 bits per heavy atom. The van der Waals surface area contributed by atoms with E-state index in [0.29, 0.717) is 0 Å². The lowest BCUT2D eigenvalue weighted by atomic mass is 10.5. The van der Waals surface area contributed by atoms with Crippen molar-refractivity contribution in [1.29, 1.82) is 0 Å². The van der Waals surface area contributed by atoms with Crippen LogP contribution in [0.2, 0.25) is 0 Å². The van der Waals surface area contributed by atoms with Crippen LogP contribution in [0.1, 0.15) is 0 Å². The summed E-state index contributed by atoms with van der Waals surface area (Å²) in [5.74, 6) is 1.11. The standard InChI is InChI=1S/C8H12N2S2/c1-9-6-7-11-12-8-4-2-3-5-10-8/h2-5,9H,6-7H2,1H3. The van der Waals surface area contributed by atoms with Crippen molar-refractivity contribution in [3.8, 4) is 0 Å². The Labute approximate surface area is 80.9 Å². The lowest BCUT2D eigenvalue weighted by molar-refractivity contribution is 0.873. The maximum absolute atomic E-state index is 4.20. The Bertz CT molecular complexity index is 203. The van der Waals surface area contributed by atoms with Crippen LogP contribution in [0.4, 0.5) is 0 Å². The fraction of sp³-hybridized carbons (Fsp3) is 0.375. The molecule has 0 fully saturated rings. The van der Waals surface area contributed by atoms with Gasteiger partial charge >= 0.3 is 0 Å². The van der Waals surface area contributed by atoms with Crippen molar-refractivity contribution in [1.82, 2.24) is 10.3 Å². The van der Waals surface area contributed by atoms with Gasteiger partial charge in [-0.3, -0.25) is 0 Å². The predicted molar refractivity (Wildman–Crippen MR) is 56.5 cm³/mol. The highest BCUT2D eigenvalue weighted by atomic mass is 33.1. The summed E-state index contributed by atoms with van der Waals surface area (Å²) in [6.45, 7) is 1.05. The molecular formula is C8H12N2S2. The highest BCUT2D eigenvalue weighted by Gasteiger charge is 1.92. The van der Waals surface area contributed by atoms with Gasteiger partial charge in [-0.2, -0.15) is 0 Å². The summed E-state index contributed by atoms with van der Waals surface area (Å²) in [7, 11) is 5.51. The second-order valence-corrected chi connectivity index (χ2v) is 4.61. The second kappa shape index (κ2) is 6.34. The van der Waals surface area contributed by atoms with Gasteiger partial charge in [0, 0.05) is 18.5 Å². The number of hydrogen-bond acceptors (Lipinski definition) is 4. The molecular weight excluding hydrogens is 188 g/mol. The highest BCUT2D eigenvalue weighted by molar-refractivity contribution is 8.76. The number of pyridine rings is 1. The first-order valence-electron chi connectivity index (χ1n) is 3.78. The van der Waals surface area contributed by atoms with E-state index in [1.165, 1.54) is 0 Å². The third-order valence-electron chi connectivity index (χ3n) is 1.22. The van der Waals surface area contributed by atoms with Crippen LogP contribution in [-0.4, -0.2) is 24.3 Å². The minimum absolute atomic E-state index is 1.05. The molecule has 1 aromatic heterocycles. The topological polar surface area (TPSA) is 24.9 Å². The van der Waals surface area contributed by atoms with Crippen molar-refractivity contribution in [2.45, 2.75) is 5.03 Å². The number of nitrogens with zero attached hydrogens (tertiary/aromatic N) is 1. The lowest BCUT2D eigenvalue weighted by Crippen LogP contribution is -2.08. The van der Waals surface area contributed by atoms with Crippen LogP contribution < -0.4 is 5.32 Å². The van der Waals surface area contributed by atoms with Gasteiger partial charge in [-0.05, 0) is 30.0 Å². The van der Waals surface area contributed by atoms with Crippen molar-refractivity contribution in [2.24, 2.45) is 0 Å². The molecule has 4 heteroatoms. The van der Waals surface area contributed by atoms with Gasteiger partial charge in [-0.1, -0.05) is 16.9 Å². The van der Waals surface area contributed by atoms with Gasteiger partial charge in [-0.25, -0.2) is 4.98 Å². The Kier molecular flexibility index (Phi) is 5.23. The van der Waals surface area contributed by atoms with Crippen LogP contribution in [-0.2, 0) is 0 Å². The van der Waals surface area contributed by atoms with Gasteiger partial charge in [0.25, 0.3) is 0 Å². The van der Waals surface area contributed by atoms with Crippen molar-refractivity contribution in [3.63, 3.8) is 0 Å². The van der Waals surface area contributed by atoms with E-state index in [1.807, 2.05) is 42.2 Å². The van der Waals surface area contributed by atoms with Crippen LogP contribution in [0.15, 0.2) is 29.4 Å². The minimum atomic E-state index is 1.05. The molecule has 1 heterocycles. The Morgan fingerprint density at radius 1 is 1.50 bits per heavy atom. The molecule has 0 aliphatic rings. The van der Waals surface area contributed by atoms with Gasteiger partial charge in [0.2, 0.25) is 0 Å². The number of nitrogens with one attached hydrogen (secondary N) is 1. The van der Waals surface area contributed by atoms with Gasteiger partial charge in [0.15, 0.2) is 0 Å². The van der Waals surface area contributed by atoms with Gasteiger partial charge in [-0.15, -0.1) is 0 Å². The van der Waals surface area contributed by atoms with E-state index >= 15 is 0 Å².